The number of ether oxygens (including phenoxy) is 1. The quantitative estimate of drug-likeness (QED) is 0.0584. The Hall–Kier alpha value is -11.1. The molecule has 10 heterocycles. The van der Waals surface area contributed by atoms with Crippen LogP contribution < -0.4 is 38.8 Å². The molecule has 3 atom stereocenters. The average Bonchev–Trinajstić information content (AvgIpc) is 1.80. The van der Waals surface area contributed by atoms with Gasteiger partial charge in [0.05, 0.1) is 53.7 Å². The zero-order valence-corrected chi connectivity index (χ0v) is 58.0. The van der Waals surface area contributed by atoms with Gasteiger partial charge in [-0.25, -0.2) is 24.3 Å². The Morgan fingerprint density at radius 3 is 1.72 bits per heavy atom. The van der Waals surface area contributed by atoms with Crippen LogP contribution in [0.4, 0.5) is 10.2 Å². The normalized spacial score (nSPS) is 15.1. The Morgan fingerprint density at radius 2 is 1.12 bits per heavy atom. The number of nitrogens with one attached hydrogen (secondary N) is 2. The van der Waals surface area contributed by atoms with Crippen LogP contribution in [0.25, 0.3) is 102 Å². The van der Waals surface area contributed by atoms with E-state index in [2.05, 4.69) is 65.1 Å². The molecule has 23 nitrogen and oxygen atoms in total. The highest BCUT2D eigenvalue weighted by atomic mass is 19.1. The Balaban J connectivity index is 0.000000166. The number of rotatable bonds is 19. The fourth-order valence-corrected chi connectivity index (χ4v) is 12.7. The first-order valence-corrected chi connectivity index (χ1v) is 34.5. The molecular weight excluding hydrogens is 1290 g/mol. The summed E-state index contributed by atoms with van der Waals surface area (Å²) < 4.78 is 42.2. The van der Waals surface area contributed by atoms with Crippen LogP contribution in [-0.4, -0.2) is 85.4 Å². The summed E-state index contributed by atoms with van der Waals surface area (Å²) in [5, 5.41) is 19.1. The van der Waals surface area contributed by atoms with Crippen LogP contribution in [0, 0.1) is 25.6 Å². The largest absolute Gasteiger partial charge is 0.382 e. The second-order valence-electron chi connectivity index (χ2n) is 26.6. The number of halogens is 1. The van der Waals surface area contributed by atoms with Crippen molar-refractivity contribution in [3.05, 3.63) is 223 Å². The fourth-order valence-electron chi connectivity index (χ4n) is 12.7. The van der Waals surface area contributed by atoms with Gasteiger partial charge < -0.3 is 54.1 Å². The molecule has 12 aromatic rings. The molecule has 3 aromatic carbocycles. The second-order valence-corrected chi connectivity index (χ2v) is 26.6. The number of hydrogen-bond acceptors (Lipinski definition) is 20. The molecule has 6 N–H and O–H groups in total. The van der Waals surface area contributed by atoms with Crippen LogP contribution >= 0.6 is 0 Å². The van der Waals surface area contributed by atoms with E-state index >= 15 is 0 Å². The maximum Gasteiger partial charge on any atom is 0.250 e. The van der Waals surface area contributed by atoms with E-state index in [9.17, 15) is 18.8 Å². The van der Waals surface area contributed by atoms with Crippen LogP contribution in [0.3, 0.4) is 0 Å². The third-order valence-corrected chi connectivity index (χ3v) is 18.8. The molecule has 24 heteroatoms. The topological polar surface area (TPSA) is 307 Å². The Kier molecular flexibility index (Phi) is 21.0. The number of nitrogen functional groups attached to an aromatic ring is 1. The van der Waals surface area contributed by atoms with E-state index in [-0.39, 0.29) is 56.8 Å². The summed E-state index contributed by atoms with van der Waals surface area (Å²) in [4.78, 5) is 64.6. The van der Waals surface area contributed by atoms with E-state index in [1.807, 2.05) is 118 Å². The molecule has 2 aliphatic carbocycles. The monoisotopic (exact) mass is 1380 g/mol. The molecule has 0 amide bonds. The van der Waals surface area contributed by atoms with Gasteiger partial charge in [0.15, 0.2) is 28.8 Å². The summed E-state index contributed by atoms with van der Waals surface area (Å²) in [6.07, 6.45) is 18.3. The van der Waals surface area contributed by atoms with Crippen LogP contribution in [0.15, 0.2) is 186 Å². The maximum absolute atomic E-state index is 14.7. The van der Waals surface area contributed by atoms with Gasteiger partial charge in [-0.15, -0.1) is 0 Å². The molecule has 9 aromatic heterocycles. The molecule has 3 fully saturated rings. The van der Waals surface area contributed by atoms with Crippen molar-refractivity contribution in [2.24, 2.45) is 11.7 Å². The smallest absolute Gasteiger partial charge is 0.250 e. The number of nitrogens with zero attached hydrogens (tertiary/aromatic N) is 12. The lowest BCUT2D eigenvalue weighted by Gasteiger charge is -2.15. The highest BCUT2D eigenvalue weighted by molar-refractivity contribution is 5.74. The number of anilines is 1. The number of hydrogen-bond donors (Lipinski definition) is 4. The predicted molar refractivity (Wildman–Crippen MR) is 395 cm³/mol. The number of nitrogens with two attached hydrogens (primary N) is 2. The number of pyridine rings is 3. The van der Waals surface area contributed by atoms with Crippen molar-refractivity contribution < 1.29 is 27.0 Å². The van der Waals surface area contributed by atoms with Crippen molar-refractivity contribution in [1.29, 1.82) is 0 Å². The maximum atomic E-state index is 14.7. The van der Waals surface area contributed by atoms with Gasteiger partial charge in [-0.3, -0.25) is 24.4 Å². The molecule has 2 unspecified atom stereocenters. The highest BCUT2D eigenvalue weighted by Crippen LogP contribution is 2.40. The van der Waals surface area contributed by atoms with Crippen LogP contribution in [0.5, 0.6) is 0 Å². The van der Waals surface area contributed by atoms with Gasteiger partial charge in [0.1, 0.15) is 34.3 Å². The van der Waals surface area contributed by atoms with Crippen molar-refractivity contribution >= 4 is 5.82 Å². The van der Waals surface area contributed by atoms with Crippen molar-refractivity contribution in [2.75, 3.05) is 26.0 Å². The molecule has 0 spiro atoms. The summed E-state index contributed by atoms with van der Waals surface area (Å²) in [6, 6.07) is 37.4. The molecule has 0 bridgehead atoms. The molecule has 1 saturated heterocycles. The third-order valence-electron chi connectivity index (χ3n) is 18.8. The Labute approximate surface area is 592 Å². The summed E-state index contributed by atoms with van der Waals surface area (Å²) in [5.74, 6) is 1.83. The molecule has 0 radical (unpaired) electrons. The molecular formula is C78H87FN16O7. The molecule has 528 valence electrons. The van der Waals surface area contributed by atoms with Crippen molar-refractivity contribution in [3.8, 4) is 102 Å². The van der Waals surface area contributed by atoms with Crippen molar-refractivity contribution in [1.82, 2.24) is 69.7 Å². The second kappa shape index (κ2) is 30.8. The summed E-state index contributed by atoms with van der Waals surface area (Å²) in [7, 11) is 1.82. The highest BCUT2D eigenvalue weighted by Gasteiger charge is 2.30. The van der Waals surface area contributed by atoms with Crippen molar-refractivity contribution in [2.45, 2.75) is 130 Å². The van der Waals surface area contributed by atoms with E-state index in [1.165, 1.54) is 30.5 Å². The van der Waals surface area contributed by atoms with Crippen LogP contribution in [0.2, 0.25) is 0 Å². The lowest BCUT2D eigenvalue weighted by molar-refractivity contribution is 0.190. The summed E-state index contributed by atoms with van der Waals surface area (Å²) in [6.45, 7) is 14.7. The number of benzene rings is 3. The lowest BCUT2D eigenvalue weighted by Crippen LogP contribution is -2.28. The SMILES string of the molecule is CC(C)n1cc(-c2cnc(N)c(-c3cc(-c4ccc(CN[C@H]5CCOC5)cc4)no3)n2)ccc1=O.CNCc1ccc(-c2cc(-c3nc(-c4ccc(=O)n(C5CCCC5)c4)cnc3C)on2)c(F)c1.Cc1ncc(-c2ccc(=O)n(C(C)C3CC3)c2)nc1-c1cc(-c2cccc(C(C)N)c2)no1.[HH].[HH].[HH]. The minimum atomic E-state index is -0.363. The van der Waals surface area contributed by atoms with Gasteiger partial charge >= 0.3 is 0 Å². The zero-order valence-electron chi connectivity index (χ0n) is 58.0. The first kappa shape index (κ1) is 69.4. The van der Waals surface area contributed by atoms with Crippen LogP contribution in [0.1, 0.15) is 129 Å². The third kappa shape index (κ3) is 15.9. The fraction of sp³-hybridized carbons (Fsp3) is 0.308. The standard InChI is InChI=1S/C26H26FN5O2.C26H28N6O3.C26H27N5O2.3H2/c1-16-26(24-12-22(31-34-24)20-9-7-17(13-28-2)11-21(20)27)30-23(14-29-16)18-8-10-25(33)32(15-18)19-5-3-4-6-19;1-16(2)32-14-19(7-8-24(32)33)22-13-29-26(27)25(30-22)23-11-21(31-35-23)18-5-3-17(4-6-18)12-28-20-9-10-34-15-20;1-15(27)19-5-4-6-20(11-19)22-12-24(33-30-22)26-16(2)28-13-23(29-26)21-9-10-25(32)31(14-21)17(3)18-7-8-18;;;/h7-12,14-15,19,28H,3-6,13H2,1-2H3;3-8,11,13-14,16,20,28H,9-10,12,15H2,1-2H3,(H2,27,29);4-6,9-15,17-18H,7-8,27H2,1-3H3;3*1H/t;20-;;;;/m.0..../s1. The van der Waals surface area contributed by atoms with Gasteiger partial charge in [-0.05, 0) is 140 Å². The molecule has 2 saturated carbocycles. The van der Waals surface area contributed by atoms with Crippen molar-refractivity contribution in [3.63, 3.8) is 0 Å². The van der Waals surface area contributed by atoms with Crippen LogP contribution in [-0.2, 0) is 17.8 Å². The molecule has 1 aliphatic heterocycles. The minimum Gasteiger partial charge on any atom is -0.382 e. The van der Waals surface area contributed by atoms with E-state index in [0.29, 0.717) is 98.3 Å². The van der Waals surface area contributed by atoms with Gasteiger partial charge in [0.25, 0.3) is 16.7 Å². The van der Waals surface area contributed by atoms with Gasteiger partial charge in [-0.1, -0.05) is 76.8 Å². The molecule has 15 rings (SSSR count). The van der Waals surface area contributed by atoms with E-state index in [1.54, 1.807) is 71.8 Å². The number of aromatic nitrogens is 12. The van der Waals surface area contributed by atoms with Gasteiger partial charge in [0, 0.05) is 143 Å². The summed E-state index contributed by atoms with van der Waals surface area (Å²) >= 11 is 0. The van der Waals surface area contributed by atoms with E-state index in [0.717, 1.165) is 96.5 Å². The zero-order chi connectivity index (χ0) is 71.1. The minimum absolute atomic E-state index is 0. The number of aryl methyl sites for hydroxylation is 2. The predicted octanol–water partition coefficient (Wildman–Crippen LogP) is 14.2. The lowest BCUT2D eigenvalue weighted by atomic mass is 10.0. The first-order chi connectivity index (χ1) is 49.4. The van der Waals surface area contributed by atoms with E-state index < -0.39 is 0 Å². The Bertz CT molecular complexity index is 5160. The van der Waals surface area contributed by atoms with Gasteiger partial charge in [-0.2, -0.15) is 0 Å². The summed E-state index contributed by atoms with van der Waals surface area (Å²) in [5.41, 5.74) is 26.5. The Morgan fingerprint density at radius 1 is 0.569 bits per heavy atom. The molecule has 102 heavy (non-hydrogen) atoms. The van der Waals surface area contributed by atoms with E-state index in [4.69, 9.17) is 39.7 Å². The average molecular weight is 1380 g/mol. The first-order valence-electron chi connectivity index (χ1n) is 34.5. The van der Waals surface area contributed by atoms with Gasteiger partial charge in [0.2, 0.25) is 0 Å². The molecule has 3 aliphatic rings.